The Hall–Kier alpha value is -3.48. The normalized spacial score (nSPS) is 11.1. The van der Waals surface area contributed by atoms with Crippen LogP contribution in [0.15, 0.2) is 47.1 Å². The van der Waals surface area contributed by atoms with E-state index in [-0.39, 0.29) is 12.5 Å². The third-order valence-corrected chi connectivity index (χ3v) is 4.51. The lowest BCUT2D eigenvalue weighted by molar-refractivity contribution is 0.0764. The van der Waals surface area contributed by atoms with Crippen molar-refractivity contribution in [1.29, 1.82) is 0 Å². The molecule has 4 rings (SSSR count). The molecular formula is C20H19N5O2. The summed E-state index contributed by atoms with van der Waals surface area (Å²) >= 11 is 0. The third kappa shape index (κ3) is 3.19. The zero-order valence-corrected chi connectivity index (χ0v) is 15.4. The fourth-order valence-corrected chi connectivity index (χ4v) is 3.04. The monoisotopic (exact) mass is 361 g/mol. The molecule has 0 aliphatic rings. The number of amides is 1. The van der Waals surface area contributed by atoms with E-state index in [2.05, 4.69) is 26.2 Å². The summed E-state index contributed by atoms with van der Waals surface area (Å²) in [4.78, 5) is 26.2. The van der Waals surface area contributed by atoms with Crippen LogP contribution < -0.4 is 0 Å². The lowest BCUT2D eigenvalue weighted by atomic mass is 10.1. The molecule has 7 heteroatoms. The number of H-pyrrole nitrogens is 1. The van der Waals surface area contributed by atoms with Gasteiger partial charge in [-0.1, -0.05) is 22.9 Å². The van der Waals surface area contributed by atoms with Gasteiger partial charge >= 0.3 is 0 Å². The highest BCUT2D eigenvalue weighted by Crippen LogP contribution is 2.24. The van der Waals surface area contributed by atoms with Crippen LogP contribution in [-0.4, -0.2) is 38.0 Å². The average Bonchev–Trinajstić information content (AvgIpc) is 3.27. The molecule has 0 saturated carbocycles. The maximum Gasteiger partial charge on any atom is 0.270 e. The van der Waals surface area contributed by atoms with Gasteiger partial charge < -0.3 is 14.4 Å². The second-order valence-electron chi connectivity index (χ2n) is 6.56. The minimum absolute atomic E-state index is 0.126. The van der Waals surface area contributed by atoms with Gasteiger partial charge in [-0.05, 0) is 43.7 Å². The molecule has 0 bridgehead atoms. The van der Waals surface area contributed by atoms with Gasteiger partial charge in [-0.15, -0.1) is 0 Å². The van der Waals surface area contributed by atoms with Crippen LogP contribution in [0.25, 0.3) is 22.4 Å². The fourth-order valence-electron chi connectivity index (χ4n) is 3.04. The lowest BCUT2D eigenvalue weighted by Crippen LogP contribution is -2.27. The number of hydrogen-bond acceptors (Lipinski definition) is 5. The molecule has 0 unspecified atom stereocenters. The van der Waals surface area contributed by atoms with E-state index >= 15 is 0 Å². The van der Waals surface area contributed by atoms with Crippen LogP contribution in [0.5, 0.6) is 0 Å². The summed E-state index contributed by atoms with van der Waals surface area (Å²) < 4.78 is 5.28. The molecule has 4 aromatic rings. The maximum absolute atomic E-state index is 12.9. The Balaban J connectivity index is 1.55. The van der Waals surface area contributed by atoms with Gasteiger partial charge in [0.1, 0.15) is 17.9 Å². The molecule has 0 radical (unpaired) electrons. The summed E-state index contributed by atoms with van der Waals surface area (Å²) in [6.45, 7) is 4.20. The van der Waals surface area contributed by atoms with E-state index in [1.807, 2.05) is 38.1 Å². The van der Waals surface area contributed by atoms with Crippen molar-refractivity contribution in [3.63, 3.8) is 0 Å². The van der Waals surface area contributed by atoms with E-state index in [1.54, 1.807) is 24.2 Å². The summed E-state index contributed by atoms with van der Waals surface area (Å²) in [5, 5.41) is 5.00. The van der Waals surface area contributed by atoms with E-state index in [1.165, 1.54) is 0 Å². The second kappa shape index (κ2) is 6.68. The standard InChI is InChI=1S/C20H19N5O2/c1-12-7-8-15-14(10-12)13(2)18(22-15)20(26)25(3)11-17-23-19(24-27-17)16-6-4-5-9-21-16/h4-10,22H,11H2,1-3H3. The van der Waals surface area contributed by atoms with Gasteiger partial charge in [0.15, 0.2) is 0 Å². The number of aromatic nitrogens is 4. The molecule has 1 aromatic carbocycles. The van der Waals surface area contributed by atoms with Crippen LogP contribution in [0.3, 0.4) is 0 Å². The molecular weight excluding hydrogens is 342 g/mol. The SMILES string of the molecule is Cc1ccc2[nH]c(C(=O)N(C)Cc3nc(-c4ccccn4)no3)c(C)c2c1. The number of aryl methyl sites for hydroxylation is 2. The first-order valence-corrected chi connectivity index (χ1v) is 8.61. The highest BCUT2D eigenvalue weighted by atomic mass is 16.5. The quantitative estimate of drug-likeness (QED) is 0.601. The number of fused-ring (bicyclic) bond motifs is 1. The van der Waals surface area contributed by atoms with Crippen molar-refractivity contribution in [2.45, 2.75) is 20.4 Å². The summed E-state index contributed by atoms with van der Waals surface area (Å²) in [5.41, 5.74) is 4.24. The predicted molar refractivity (Wildman–Crippen MR) is 101 cm³/mol. The van der Waals surface area contributed by atoms with Crippen molar-refractivity contribution in [2.75, 3.05) is 7.05 Å². The number of hydrogen-bond donors (Lipinski definition) is 1. The van der Waals surface area contributed by atoms with Gasteiger partial charge in [0.25, 0.3) is 5.91 Å². The van der Waals surface area contributed by atoms with E-state index < -0.39 is 0 Å². The highest BCUT2D eigenvalue weighted by Gasteiger charge is 2.21. The molecule has 0 atom stereocenters. The van der Waals surface area contributed by atoms with Gasteiger partial charge in [-0.2, -0.15) is 4.98 Å². The van der Waals surface area contributed by atoms with Crippen molar-refractivity contribution in [2.24, 2.45) is 0 Å². The van der Waals surface area contributed by atoms with Crippen molar-refractivity contribution < 1.29 is 9.32 Å². The van der Waals surface area contributed by atoms with E-state index in [9.17, 15) is 4.79 Å². The van der Waals surface area contributed by atoms with Crippen LogP contribution in [0, 0.1) is 13.8 Å². The van der Waals surface area contributed by atoms with Crippen LogP contribution in [0.4, 0.5) is 0 Å². The molecule has 0 spiro atoms. The average molecular weight is 361 g/mol. The number of rotatable bonds is 4. The summed E-state index contributed by atoms with van der Waals surface area (Å²) in [6, 6.07) is 11.6. The minimum Gasteiger partial charge on any atom is -0.350 e. The summed E-state index contributed by atoms with van der Waals surface area (Å²) in [5.74, 6) is 0.638. The number of nitrogens with zero attached hydrogens (tertiary/aromatic N) is 4. The van der Waals surface area contributed by atoms with E-state index in [0.29, 0.717) is 23.1 Å². The molecule has 0 aliphatic carbocycles. The molecule has 3 aromatic heterocycles. The zero-order valence-electron chi connectivity index (χ0n) is 15.4. The number of carbonyl (C=O) groups excluding carboxylic acids is 1. The van der Waals surface area contributed by atoms with Gasteiger partial charge in [0, 0.05) is 24.1 Å². The predicted octanol–water partition coefficient (Wildman–Crippen LogP) is 3.50. The smallest absolute Gasteiger partial charge is 0.270 e. The molecule has 3 heterocycles. The van der Waals surface area contributed by atoms with Gasteiger partial charge in [-0.25, -0.2) is 0 Å². The van der Waals surface area contributed by atoms with Gasteiger partial charge in [0.05, 0.1) is 0 Å². The molecule has 136 valence electrons. The van der Waals surface area contributed by atoms with Crippen molar-refractivity contribution >= 4 is 16.8 Å². The Morgan fingerprint density at radius 3 is 2.85 bits per heavy atom. The Morgan fingerprint density at radius 2 is 2.07 bits per heavy atom. The third-order valence-electron chi connectivity index (χ3n) is 4.51. The number of benzene rings is 1. The van der Waals surface area contributed by atoms with Crippen LogP contribution in [-0.2, 0) is 6.54 Å². The number of nitrogens with one attached hydrogen (secondary N) is 1. The fraction of sp³-hybridized carbons (Fsp3) is 0.200. The topological polar surface area (TPSA) is 87.9 Å². The lowest BCUT2D eigenvalue weighted by Gasteiger charge is -2.14. The van der Waals surface area contributed by atoms with E-state index in [0.717, 1.165) is 22.0 Å². The molecule has 27 heavy (non-hydrogen) atoms. The Morgan fingerprint density at radius 1 is 1.22 bits per heavy atom. The second-order valence-corrected chi connectivity index (χ2v) is 6.56. The zero-order chi connectivity index (χ0) is 19.0. The highest BCUT2D eigenvalue weighted by molar-refractivity contribution is 6.00. The summed E-state index contributed by atoms with van der Waals surface area (Å²) in [7, 11) is 1.71. The minimum atomic E-state index is -0.126. The first kappa shape index (κ1) is 17.0. The number of aromatic amines is 1. The number of pyridine rings is 1. The first-order chi connectivity index (χ1) is 13.0. The molecule has 0 saturated heterocycles. The molecule has 1 amide bonds. The van der Waals surface area contributed by atoms with Crippen LogP contribution in [0.1, 0.15) is 27.5 Å². The molecule has 0 fully saturated rings. The van der Waals surface area contributed by atoms with Crippen molar-refractivity contribution in [3.8, 4) is 11.5 Å². The van der Waals surface area contributed by atoms with Crippen LogP contribution in [0.2, 0.25) is 0 Å². The van der Waals surface area contributed by atoms with Crippen molar-refractivity contribution in [3.05, 3.63) is 65.3 Å². The largest absolute Gasteiger partial charge is 0.350 e. The molecule has 0 aliphatic heterocycles. The Bertz CT molecular complexity index is 1110. The van der Waals surface area contributed by atoms with E-state index in [4.69, 9.17) is 4.52 Å². The van der Waals surface area contributed by atoms with Gasteiger partial charge in [-0.3, -0.25) is 9.78 Å². The van der Waals surface area contributed by atoms with Gasteiger partial charge in [0.2, 0.25) is 11.7 Å². The summed E-state index contributed by atoms with van der Waals surface area (Å²) in [6.07, 6.45) is 1.67. The Kier molecular flexibility index (Phi) is 4.19. The molecule has 1 N–H and O–H groups in total. The van der Waals surface area contributed by atoms with Crippen molar-refractivity contribution in [1.82, 2.24) is 25.0 Å². The van der Waals surface area contributed by atoms with Crippen LogP contribution >= 0.6 is 0 Å². The number of carbonyl (C=O) groups is 1. The molecule has 7 nitrogen and oxygen atoms in total. The first-order valence-electron chi connectivity index (χ1n) is 8.61. The maximum atomic E-state index is 12.9. The Labute approximate surface area is 156 Å².